The molecule has 7 nitrogen and oxygen atoms in total. The van der Waals surface area contributed by atoms with Gasteiger partial charge in [-0.25, -0.2) is 0 Å². The van der Waals surface area contributed by atoms with Crippen molar-refractivity contribution in [2.75, 3.05) is 13.1 Å². The summed E-state index contributed by atoms with van der Waals surface area (Å²) >= 11 is 0. The molecule has 1 heterocycles. The summed E-state index contributed by atoms with van der Waals surface area (Å²) in [7, 11) is -2.55. The molecule has 0 aliphatic heterocycles. The van der Waals surface area contributed by atoms with Gasteiger partial charge < -0.3 is 13.7 Å². The predicted molar refractivity (Wildman–Crippen MR) is 141 cm³/mol. The largest absolute Gasteiger partial charge is 0.470 e. The fraction of sp³-hybridized carbons (Fsp3) is 0.536. The van der Waals surface area contributed by atoms with E-state index in [1.807, 2.05) is 36.4 Å². The third-order valence-corrected chi connectivity index (χ3v) is 12.5. The zero-order chi connectivity index (χ0) is 26.3. The SMILES string of the molecule is CCN(CC)C1c2onc(OCc3ccccc3)c2C(=O)C2(O[Si](C)(C)C(C)(C)C)C(=O)C=CCC12. The quantitative estimate of drug-likeness (QED) is 0.331. The summed E-state index contributed by atoms with van der Waals surface area (Å²) < 4.78 is 18.8. The Morgan fingerprint density at radius 2 is 1.81 bits per heavy atom. The molecule has 0 N–H and O–H groups in total. The third kappa shape index (κ3) is 4.29. The van der Waals surface area contributed by atoms with Gasteiger partial charge in [-0.2, -0.15) is 0 Å². The van der Waals surface area contributed by atoms with Crippen LogP contribution in [0.3, 0.4) is 0 Å². The van der Waals surface area contributed by atoms with E-state index >= 15 is 0 Å². The van der Waals surface area contributed by atoms with Crippen LogP contribution in [0.2, 0.25) is 18.1 Å². The highest BCUT2D eigenvalue weighted by atomic mass is 28.4. The van der Waals surface area contributed by atoms with Gasteiger partial charge in [0.15, 0.2) is 25.5 Å². The maximum absolute atomic E-state index is 14.5. The number of benzene rings is 1. The number of nitrogens with zero attached hydrogens (tertiary/aromatic N) is 2. The van der Waals surface area contributed by atoms with E-state index in [1.54, 1.807) is 0 Å². The van der Waals surface area contributed by atoms with Gasteiger partial charge in [0.05, 0.1) is 6.04 Å². The second kappa shape index (κ2) is 9.72. The lowest BCUT2D eigenvalue weighted by Crippen LogP contribution is -2.66. The molecule has 36 heavy (non-hydrogen) atoms. The van der Waals surface area contributed by atoms with Crippen molar-refractivity contribution in [3.05, 3.63) is 59.4 Å². The monoisotopic (exact) mass is 510 g/mol. The van der Waals surface area contributed by atoms with Crippen LogP contribution in [0.5, 0.6) is 5.88 Å². The molecule has 3 unspecified atom stereocenters. The lowest BCUT2D eigenvalue weighted by molar-refractivity contribution is -0.135. The number of allylic oxidation sites excluding steroid dienone is 1. The molecule has 0 amide bonds. The molecule has 0 radical (unpaired) electrons. The zero-order valence-corrected chi connectivity index (χ0v) is 23.5. The molecule has 1 aromatic heterocycles. The molecule has 0 spiro atoms. The Kier molecular flexibility index (Phi) is 7.16. The first-order valence-corrected chi connectivity index (χ1v) is 15.7. The highest BCUT2D eigenvalue weighted by Gasteiger charge is 2.65. The Balaban J connectivity index is 1.88. The summed E-state index contributed by atoms with van der Waals surface area (Å²) in [5.41, 5.74) is -0.449. The van der Waals surface area contributed by atoms with Crippen molar-refractivity contribution in [1.82, 2.24) is 10.1 Å². The number of carbonyl (C=O) groups excluding carboxylic acids is 2. The minimum atomic E-state index is -2.55. The number of hydrogen-bond donors (Lipinski definition) is 0. The van der Waals surface area contributed by atoms with Crippen LogP contribution < -0.4 is 4.74 Å². The molecule has 3 atom stereocenters. The molecule has 2 aromatic rings. The van der Waals surface area contributed by atoms with Crippen LogP contribution in [-0.4, -0.2) is 48.6 Å². The second-order valence-corrected chi connectivity index (χ2v) is 15.9. The van der Waals surface area contributed by atoms with E-state index in [-0.39, 0.29) is 34.9 Å². The van der Waals surface area contributed by atoms with E-state index in [9.17, 15) is 9.59 Å². The molecule has 0 fully saturated rings. The average molecular weight is 511 g/mol. The summed E-state index contributed by atoms with van der Waals surface area (Å²) in [6.45, 7) is 16.3. The van der Waals surface area contributed by atoms with E-state index in [0.717, 1.165) is 18.7 Å². The number of aromatic nitrogens is 1. The number of hydrogen-bond acceptors (Lipinski definition) is 7. The Morgan fingerprint density at radius 1 is 1.14 bits per heavy atom. The maximum Gasteiger partial charge on any atom is 0.265 e. The average Bonchev–Trinajstić information content (AvgIpc) is 3.25. The van der Waals surface area contributed by atoms with Crippen molar-refractivity contribution < 1.29 is 23.3 Å². The third-order valence-electron chi connectivity index (χ3n) is 8.10. The van der Waals surface area contributed by atoms with E-state index in [0.29, 0.717) is 12.2 Å². The normalized spacial score (nSPS) is 24.1. The predicted octanol–water partition coefficient (Wildman–Crippen LogP) is 5.74. The summed E-state index contributed by atoms with van der Waals surface area (Å²) in [5, 5.41) is 4.01. The lowest BCUT2D eigenvalue weighted by atomic mass is 9.65. The highest BCUT2D eigenvalue weighted by Crippen LogP contribution is 2.54. The first-order chi connectivity index (χ1) is 17.0. The van der Waals surface area contributed by atoms with E-state index in [1.165, 1.54) is 6.08 Å². The summed E-state index contributed by atoms with van der Waals surface area (Å²) in [4.78, 5) is 30.5. The molecule has 8 heteroatoms. The van der Waals surface area contributed by atoms with Gasteiger partial charge in [0.25, 0.3) is 5.88 Å². The van der Waals surface area contributed by atoms with Gasteiger partial charge in [-0.1, -0.05) is 71.0 Å². The smallest absolute Gasteiger partial charge is 0.265 e. The summed E-state index contributed by atoms with van der Waals surface area (Å²) in [6, 6.07) is 9.34. The molecule has 0 bridgehead atoms. The molecular formula is C28H38N2O5Si. The second-order valence-electron chi connectivity index (χ2n) is 11.2. The topological polar surface area (TPSA) is 81.9 Å². The van der Waals surface area contributed by atoms with Crippen LogP contribution in [0.25, 0.3) is 0 Å². The summed E-state index contributed by atoms with van der Waals surface area (Å²) in [6.07, 6.45) is 3.91. The van der Waals surface area contributed by atoms with Crippen molar-refractivity contribution >= 4 is 19.9 Å². The Morgan fingerprint density at radius 3 is 2.42 bits per heavy atom. The number of Topliss-reactive ketones (excluding diaryl/α,β-unsaturated/α-hetero) is 1. The van der Waals surface area contributed by atoms with Crippen LogP contribution in [-0.2, 0) is 15.8 Å². The van der Waals surface area contributed by atoms with Gasteiger partial charge in [-0.05, 0) is 54.4 Å². The molecule has 0 saturated heterocycles. The fourth-order valence-electron chi connectivity index (χ4n) is 5.08. The van der Waals surface area contributed by atoms with Crippen molar-refractivity contribution in [2.24, 2.45) is 5.92 Å². The van der Waals surface area contributed by atoms with Gasteiger partial charge >= 0.3 is 0 Å². The number of ketones is 2. The van der Waals surface area contributed by atoms with Crippen molar-refractivity contribution in [3.8, 4) is 5.88 Å². The van der Waals surface area contributed by atoms with Crippen molar-refractivity contribution in [2.45, 2.75) is 77.4 Å². The van der Waals surface area contributed by atoms with Gasteiger partial charge in [-0.3, -0.25) is 14.5 Å². The fourth-order valence-corrected chi connectivity index (χ4v) is 6.54. The minimum absolute atomic E-state index is 0.120. The molecule has 1 aromatic carbocycles. The van der Waals surface area contributed by atoms with Gasteiger partial charge in [-0.15, -0.1) is 0 Å². The molecule has 194 valence electrons. The van der Waals surface area contributed by atoms with Gasteiger partial charge in [0.1, 0.15) is 12.2 Å². The van der Waals surface area contributed by atoms with E-state index in [4.69, 9.17) is 13.7 Å². The Labute approximate surface area is 215 Å². The van der Waals surface area contributed by atoms with Crippen LogP contribution in [0.4, 0.5) is 0 Å². The Hall–Kier alpha value is -2.55. The minimum Gasteiger partial charge on any atom is -0.470 e. The lowest BCUT2D eigenvalue weighted by Gasteiger charge is -2.52. The number of carbonyl (C=O) groups is 2. The molecule has 2 aliphatic rings. The number of rotatable bonds is 8. The van der Waals surface area contributed by atoms with Gasteiger partial charge in [0.2, 0.25) is 5.78 Å². The Bertz CT molecular complexity index is 1150. The molecule has 0 saturated carbocycles. The molecular weight excluding hydrogens is 472 g/mol. The molecule has 2 aliphatic carbocycles. The van der Waals surface area contributed by atoms with E-state index in [2.05, 4.69) is 57.8 Å². The van der Waals surface area contributed by atoms with Crippen LogP contribution >= 0.6 is 0 Å². The maximum atomic E-state index is 14.5. The van der Waals surface area contributed by atoms with E-state index < -0.39 is 25.6 Å². The summed E-state index contributed by atoms with van der Waals surface area (Å²) in [5.74, 6) is -0.524. The zero-order valence-electron chi connectivity index (χ0n) is 22.5. The molecule has 4 rings (SSSR count). The van der Waals surface area contributed by atoms with Crippen LogP contribution in [0.1, 0.15) is 68.8 Å². The standard InChI is InChI=1S/C28H38N2O5Si/c1-8-30(9-2)23-20-16-13-17-21(31)28(20,35-36(6,7)27(3,4)5)25(32)22-24(23)34-29-26(22)33-18-19-14-11-10-12-15-19/h10-15,17,20,23H,8-9,16,18H2,1-7H3. The first kappa shape index (κ1) is 26.5. The number of ether oxygens (including phenoxy) is 1. The van der Waals surface area contributed by atoms with Gasteiger partial charge in [0, 0.05) is 5.92 Å². The number of fused-ring (bicyclic) bond motifs is 2. The van der Waals surface area contributed by atoms with Crippen LogP contribution in [0, 0.1) is 5.92 Å². The van der Waals surface area contributed by atoms with Crippen LogP contribution in [0.15, 0.2) is 47.0 Å². The first-order valence-electron chi connectivity index (χ1n) is 12.8. The highest BCUT2D eigenvalue weighted by molar-refractivity contribution is 6.74. The van der Waals surface area contributed by atoms with Crippen molar-refractivity contribution in [1.29, 1.82) is 0 Å². The van der Waals surface area contributed by atoms with Crippen molar-refractivity contribution in [3.63, 3.8) is 0 Å².